The highest BCUT2D eigenvalue weighted by atomic mass is 29.3. The van der Waals surface area contributed by atoms with Crippen LogP contribution in [0.1, 0.15) is 11.1 Å². The molecule has 0 atom stereocenters. The van der Waals surface area contributed by atoms with E-state index < -0.39 is 27.7 Å². The summed E-state index contributed by atoms with van der Waals surface area (Å²) in [5.74, 6) is 0. The zero-order valence-corrected chi connectivity index (χ0v) is 18.7. The van der Waals surface area contributed by atoms with Crippen LogP contribution in [0.3, 0.4) is 0 Å². The molecule has 9 heteroatoms. The molecule has 1 heterocycles. The molecule has 0 bridgehead atoms. The molecule has 2 aromatic carbocycles. The summed E-state index contributed by atoms with van der Waals surface area (Å²) in [6.07, 6.45) is 0. The summed E-state index contributed by atoms with van der Waals surface area (Å²) < 4.78 is 30.4. The van der Waals surface area contributed by atoms with E-state index in [0.717, 1.165) is 11.1 Å². The maximum Gasteiger partial charge on any atom is 0.540 e. The Hall–Kier alpha value is -1.41. The van der Waals surface area contributed by atoms with Gasteiger partial charge in [0, 0.05) is 34.5 Å². The van der Waals surface area contributed by atoms with Gasteiger partial charge in [-0.05, 0) is 11.1 Å². The molecule has 3 rings (SSSR count). The fourth-order valence-corrected chi connectivity index (χ4v) is 14.1. The lowest BCUT2D eigenvalue weighted by atomic mass is 9.77. The Labute approximate surface area is 167 Å². The van der Waals surface area contributed by atoms with Crippen molar-refractivity contribution < 1.29 is 22.1 Å². The fraction of sp³-hybridized carbons (Fsp3) is 0.368. The van der Waals surface area contributed by atoms with Crippen LogP contribution in [0.15, 0.2) is 60.7 Å². The van der Waals surface area contributed by atoms with Crippen LogP contribution in [-0.2, 0) is 27.7 Å². The van der Waals surface area contributed by atoms with Crippen molar-refractivity contribution in [2.75, 3.05) is 28.4 Å². The number of rotatable bonds is 6. The minimum absolute atomic E-state index is 0.227. The van der Waals surface area contributed by atoms with E-state index in [-0.39, 0.29) is 6.04 Å². The Bertz CT molecular complexity index is 744. The molecule has 152 valence electrons. The van der Waals surface area contributed by atoms with Crippen molar-refractivity contribution in [1.29, 1.82) is 0 Å². The molecule has 28 heavy (non-hydrogen) atoms. The topological polar surface area (TPSA) is 98.2 Å². The smallest absolute Gasteiger partial charge is 0.395 e. The van der Waals surface area contributed by atoms with Gasteiger partial charge in [0.1, 0.15) is 11.3 Å². The predicted octanol–water partition coefficient (Wildman–Crippen LogP) is 1.62. The molecule has 0 amide bonds. The number of benzene rings is 2. The molecule has 4 N–H and O–H groups in total. The van der Waals surface area contributed by atoms with Crippen LogP contribution in [0, 0.1) is 0 Å². The van der Waals surface area contributed by atoms with Gasteiger partial charge in [0.15, 0.2) is 0 Å². The van der Waals surface area contributed by atoms with Crippen molar-refractivity contribution in [2.45, 2.75) is 17.3 Å². The summed E-state index contributed by atoms with van der Waals surface area (Å²) in [6, 6.07) is 19.6. The van der Waals surface area contributed by atoms with E-state index in [1.54, 1.807) is 28.4 Å². The molecular formula is C19H28N2O5Si2. The minimum Gasteiger partial charge on any atom is -0.395 e. The molecule has 1 aliphatic rings. The highest BCUT2D eigenvalue weighted by molar-refractivity contribution is 7.29. The van der Waals surface area contributed by atoms with Crippen molar-refractivity contribution in [3.8, 4) is 0 Å². The van der Waals surface area contributed by atoms with Crippen molar-refractivity contribution in [1.82, 2.24) is 0 Å². The number of hydrogen-bond acceptors (Lipinski definition) is 7. The highest BCUT2D eigenvalue weighted by Crippen LogP contribution is 2.51. The molecule has 1 saturated heterocycles. The second kappa shape index (κ2) is 7.78. The molecular weight excluding hydrogens is 392 g/mol. The molecule has 2 aromatic rings. The molecule has 0 spiro atoms. The molecule has 7 nitrogen and oxygen atoms in total. The SMILES string of the molecule is CO[Si]1(OC)CC(N)(N)C(c2ccccc2)(c2ccccc2)O[Si]1(OC)OC. The van der Waals surface area contributed by atoms with Crippen LogP contribution < -0.4 is 11.5 Å². The average molecular weight is 421 g/mol. The fourth-order valence-electron chi connectivity index (χ4n) is 4.12. The van der Waals surface area contributed by atoms with Crippen molar-refractivity contribution in [3.05, 3.63) is 71.8 Å². The van der Waals surface area contributed by atoms with Gasteiger partial charge in [0.25, 0.3) is 0 Å². The molecule has 1 fully saturated rings. The molecule has 0 unspecified atom stereocenters. The van der Waals surface area contributed by atoms with Gasteiger partial charge < -0.3 is 33.6 Å². The largest absolute Gasteiger partial charge is 0.540 e. The first-order chi connectivity index (χ1) is 13.4. The second-order valence-electron chi connectivity index (χ2n) is 6.86. The van der Waals surface area contributed by atoms with E-state index in [2.05, 4.69) is 0 Å². The van der Waals surface area contributed by atoms with E-state index in [1.165, 1.54) is 0 Å². The summed E-state index contributed by atoms with van der Waals surface area (Å²) in [6.45, 7) is 0. The Morgan fingerprint density at radius 1 is 0.750 bits per heavy atom. The third kappa shape index (κ3) is 2.91. The zero-order chi connectivity index (χ0) is 20.5. The minimum atomic E-state index is -3.47. The molecule has 1 aliphatic heterocycles. The lowest BCUT2D eigenvalue weighted by Crippen LogP contribution is -2.85. The normalized spacial score (nSPS) is 21.9. The Morgan fingerprint density at radius 3 is 1.54 bits per heavy atom. The average Bonchev–Trinajstić information content (AvgIpc) is 2.74. The molecule has 0 aliphatic carbocycles. The predicted molar refractivity (Wildman–Crippen MR) is 110 cm³/mol. The Balaban J connectivity index is 2.34. The Morgan fingerprint density at radius 2 is 1.18 bits per heavy atom. The first-order valence-corrected chi connectivity index (χ1v) is 13.7. The Kier molecular flexibility index (Phi) is 5.92. The summed E-state index contributed by atoms with van der Waals surface area (Å²) >= 11 is 0. The number of hydrogen-bond donors (Lipinski definition) is 2. The van der Waals surface area contributed by atoms with E-state index in [9.17, 15) is 0 Å². The monoisotopic (exact) mass is 420 g/mol. The highest BCUT2D eigenvalue weighted by Gasteiger charge is 2.78. The van der Waals surface area contributed by atoms with E-state index >= 15 is 0 Å². The van der Waals surface area contributed by atoms with Crippen LogP contribution >= 0.6 is 0 Å². The lowest BCUT2D eigenvalue weighted by molar-refractivity contribution is -0.0535. The van der Waals surface area contributed by atoms with Crippen LogP contribution in [0.4, 0.5) is 0 Å². The first kappa shape index (κ1) is 21.3. The van der Waals surface area contributed by atoms with Gasteiger partial charge in [-0.15, -0.1) is 0 Å². The second-order valence-corrected chi connectivity index (χ2v) is 15.8. The molecule has 0 radical (unpaired) electrons. The van der Waals surface area contributed by atoms with Gasteiger partial charge in [0.05, 0.1) is 0 Å². The summed E-state index contributed by atoms with van der Waals surface area (Å²) in [4.78, 5) is 0. The van der Waals surface area contributed by atoms with Crippen molar-refractivity contribution in [3.63, 3.8) is 0 Å². The number of nitrogens with two attached hydrogens (primary N) is 2. The summed E-state index contributed by atoms with van der Waals surface area (Å²) in [5, 5.41) is 0. The molecule has 0 aromatic heterocycles. The van der Waals surface area contributed by atoms with Crippen LogP contribution in [-0.4, -0.2) is 50.5 Å². The first-order valence-electron chi connectivity index (χ1n) is 8.96. The van der Waals surface area contributed by atoms with Gasteiger partial charge in [-0.3, -0.25) is 0 Å². The van der Waals surface area contributed by atoms with E-state index in [0.29, 0.717) is 0 Å². The van der Waals surface area contributed by atoms with E-state index in [4.69, 9.17) is 33.6 Å². The summed E-state index contributed by atoms with van der Waals surface area (Å²) in [5.41, 5.74) is 12.7. The van der Waals surface area contributed by atoms with Crippen LogP contribution in [0.5, 0.6) is 0 Å². The van der Waals surface area contributed by atoms with Crippen molar-refractivity contribution >= 4 is 16.4 Å². The van der Waals surface area contributed by atoms with Gasteiger partial charge in [-0.2, -0.15) is 0 Å². The standard InChI is InChI=1S/C19H28N2O5Si2/c1-22-27(23-2)15-18(20,21)19(16-11-7-5-8-12-16,17-13-9-6-10-14-17)26-28(27,24-3)25-4/h5-14H,15,20-21H2,1-4H3. The maximum atomic E-state index is 6.82. The molecule has 0 saturated carbocycles. The van der Waals surface area contributed by atoms with Gasteiger partial charge in [-0.1, -0.05) is 60.7 Å². The van der Waals surface area contributed by atoms with Crippen molar-refractivity contribution in [2.24, 2.45) is 11.5 Å². The lowest BCUT2D eigenvalue weighted by Gasteiger charge is -2.58. The zero-order valence-electron chi connectivity index (χ0n) is 16.7. The third-order valence-corrected chi connectivity index (χ3v) is 16.5. The van der Waals surface area contributed by atoms with Gasteiger partial charge in [0.2, 0.25) is 0 Å². The maximum absolute atomic E-state index is 6.82. The van der Waals surface area contributed by atoms with Crippen LogP contribution in [0.25, 0.3) is 0 Å². The van der Waals surface area contributed by atoms with E-state index in [1.807, 2.05) is 60.7 Å². The summed E-state index contributed by atoms with van der Waals surface area (Å²) in [7, 11) is -0.415. The third-order valence-electron chi connectivity index (χ3n) is 5.49. The quantitative estimate of drug-likeness (QED) is 0.541. The van der Waals surface area contributed by atoms with Gasteiger partial charge >= 0.3 is 16.4 Å². The van der Waals surface area contributed by atoms with Gasteiger partial charge in [-0.25, -0.2) is 0 Å². The van der Waals surface area contributed by atoms with Crippen LogP contribution in [0.2, 0.25) is 6.04 Å².